The van der Waals surface area contributed by atoms with Crippen molar-refractivity contribution in [3.63, 3.8) is 0 Å². The lowest BCUT2D eigenvalue weighted by molar-refractivity contribution is -0.192. The number of carbonyl (C=O) groups excluding carboxylic acids is 4. The third-order valence-electron chi connectivity index (χ3n) is 5.07. The third-order valence-corrected chi connectivity index (χ3v) is 6.04. The zero-order chi connectivity index (χ0) is 37.1. The van der Waals surface area contributed by atoms with Gasteiger partial charge in [0, 0.05) is 13.1 Å². The molecule has 1 amide bonds. The number of esters is 3. The van der Waals surface area contributed by atoms with Gasteiger partial charge in [0.2, 0.25) is 5.91 Å². The Morgan fingerprint density at radius 1 is 0.660 bits per heavy atom. The summed E-state index contributed by atoms with van der Waals surface area (Å²) >= 11 is 9.74. The van der Waals surface area contributed by atoms with E-state index in [-0.39, 0.29) is 46.2 Å². The Morgan fingerprint density at radius 2 is 1.02 bits per heavy atom. The fourth-order valence-electron chi connectivity index (χ4n) is 2.50. The number of alkyl halides is 6. The van der Waals surface area contributed by atoms with Gasteiger partial charge in [-0.2, -0.15) is 13.2 Å². The second kappa shape index (κ2) is 22.2. The largest absolute Gasteiger partial charge is 0.490 e. The van der Waals surface area contributed by atoms with Gasteiger partial charge in [0.15, 0.2) is 0 Å². The predicted molar refractivity (Wildman–Crippen MR) is 173 cm³/mol. The normalized spacial score (nSPS) is 12.4. The first-order chi connectivity index (χ1) is 21.3. The molecule has 0 aliphatic heterocycles. The zero-order valence-electron chi connectivity index (χ0n) is 27.1. The third kappa shape index (κ3) is 24.2. The second-order valence-electron chi connectivity index (χ2n) is 11.3. The summed E-state index contributed by atoms with van der Waals surface area (Å²) in [5, 5.41) is 9.78. The van der Waals surface area contributed by atoms with Crippen molar-refractivity contribution >= 4 is 77.6 Å². The lowest BCUT2D eigenvalue weighted by Crippen LogP contribution is -2.47. The second-order valence-corrected chi connectivity index (χ2v) is 17.3. The molecule has 0 unspecified atom stereocenters. The van der Waals surface area contributed by atoms with E-state index in [0.29, 0.717) is 26.4 Å². The number of aliphatic carboxylic acids is 1. The van der Waals surface area contributed by atoms with Crippen molar-refractivity contribution in [2.75, 3.05) is 72.6 Å². The zero-order valence-corrected chi connectivity index (χ0v) is 31.8. The van der Waals surface area contributed by atoms with Crippen LogP contribution >= 0.6 is 47.8 Å². The van der Waals surface area contributed by atoms with E-state index >= 15 is 0 Å². The highest BCUT2D eigenvalue weighted by Gasteiger charge is 2.41. The van der Waals surface area contributed by atoms with Crippen LogP contribution in [-0.4, -0.2) is 127 Å². The lowest BCUT2D eigenvalue weighted by Gasteiger charge is -2.34. The van der Waals surface area contributed by atoms with Gasteiger partial charge in [-0.1, -0.05) is 47.8 Å². The molecule has 0 saturated heterocycles. The standard InChI is InChI=1S/C25H43Br3N2O10.C2HF3O2/c1-22(2,26)19(32)38-15-25(16-39-20(33)23(3,4)27,17-40-21(34)24(5,6)28)14-37-13-18(31)30-8-10-36-12-11-35-9-7-29;3-2(4,5)1(6)7/h7-17,29H2,1-6H3,(H,30,31);(H,6,7). The number of amides is 1. The molecule has 0 aliphatic carbocycles. The molecule has 47 heavy (non-hydrogen) atoms. The number of nitrogens with one attached hydrogen (secondary N) is 1. The first-order valence-electron chi connectivity index (χ1n) is 13.9. The Morgan fingerprint density at radius 3 is 1.34 bits per heavy atom. The van der Waals surface area contributed by atoms with Crippen LogP contribution in [-0.2, 0) is 52.4 Å². The summed E-state index contributed by atoms with van der Waals surface area (Å²) in [5.74, 6) is -4.97. The SMILES string of the molecule is CC(C)(Br)C(=O)OCC(COCC(=O)NCCOCCOCCN)(COC(=O)C(C)(C)Br)COC(=O)C(C)(C)Br.O=C(O)C(F)(F)F. The van der Waals surface area contributed by atoms with Crippen LogP contribution in [0.4, 0.5) is 13.2 Å². The van der Waals surface area contributed by atoms with Crippen LogP contribution in [0, 0.1) is 5.41 Å². The van der Waals surface area contributed by atoms with E-state index < -0.39 is 54.3 Å². The molecule has 0 saturated carbocycles. The molecule has 0 bridgehead atoms. The lowest BCUT2D eigenvalue weighted by atomic mass is 9.92. The number of halogens is 6. The maximum Gasteiger partial charge on any atom is 0.490 e. The van der Waals surface area contributed by atoms with E-state index in [1.807, 2.05) is 0 Å². The molecule has 276 valence electrons. The quantitative estimate of drug-likeness (QED) is 0.0659. The number of nitrogens with two attached hydrogens (primary N) is 1. The summed E-state index contributed by atoms with van der Waals surface area (Å²) in [4.78, 5) is 58.7. The van der Waals surface area contributed by atoms with Gasteiger partial charge < -0.3 is 44.6 Å². The molecule has 20 heteroatoms. The van der Waals surface area contributed by atoms with Crippen LogP contribution in [0.15, 0.2) is 0 Å². The first-order valence-corrected chi connectivity index (χ1v) is 16.2. The van der Waals surface area contributed by atoms with Crippen LogP contribution in [0.2, 0.25) is 0 Å². The van der Waals surface area contributed by atoms with Gasteiger partial charge in [-0.15, -0.1) is 0 Å². The summed E-state index contributed by atoms with van der Waals surface area (Å²) in [6.07, 6.45) is -5.08. The average molecular weight is 885 g/mol. The minimum absolute atomic E-state index is 0.239. The average Bonchev–Trinajstić information content (AvgIpc) is 2.92. The maximum atomic E-state index is 12.5. The number of hydrogen-bond acceptors (Lipinski definition) is 12. The fraction of sp³-hybridized carbons (Fsp3) is 0.815. The molecule has 0 rings (SSSR count). The van der Waals surface area contributed by atoms with Gasteiger partial charge in [0.25, 0.3) is 0 Å². The van der Waals surface area contributed by atoms with Gasteiger partial charge in [0.05, 0.1) is 38.4 Å². The topological polar surface area (TPSA) is 199 Å². The minimum atomic E-state index is -5.08. The van der Waals surface area contributed by atoms with E-state index in [1.165, 1.54) is 0 Å². The van der Waals surface area contributed by atoms with Crippen molar-refractivity contribution < 1.29 is 70.7 Å². The molecule has 4 N–H and O–H groups in total. The number of rotatable bonds is 21. The highest BCUT2D eigenvalue weighted by atomic mass is 79.9. The molecule has 0 spiro atoms. The van der Waals surface area contributed by atoms with E-state index in [0.717, 1.165) is 0 Å². The van der Waals surface area contributed by atoms with Gasteiger partial charge in [-0.3, -0.25) is 19.2 Å². The molecule has 0 fully saturated rings. The molecule has 0 radical (unpaired) electrons. The number of carboxylic acid groups (broad SMARTS) is 1. The van der Waals surface area contributed by atoms with Crippen molar-refractivity contribution in [3.05, 3.63) is 0 Å². The molecule has 0 aromatic heterocycles. The molecular formula is C27H44Br3F3N2O12. The molecule has 0 aromatic carbocycles. The highest BCUT2D eigenvalue weighted by molar-refractivity contribution is 9.10. The van der Waals surface area contributed by atoms with Crippen LogP contribution in [0.5, 0.6) is 0 Å². The van der Waals surface area contributed by atoms with Gasteiger partial charge in [-0.05, 0) is 41.5 Å². The van der Waals surface area contributed by atoms with E-state index in [2.05, 4.69) is 53.1 Å². The Kier molecular flexibility index (Phi) is 22.5. The van der Waals surface area contributed by atoms with Crippen LogP contribution in [0.25, 0.3) is 0 Å². The maximum absolute atomic E-state index is 12.5. The molecule has 0 aliphatic rings. The summed E-state index contributed by atoms with van der Waals surface area (Å²) in [7, 11) is 0. The smallest absolute Gasteiger partial charge is 0.475 e. The molecular weight excluding hydrogens is 841 g/mol. The fourth-order valence-corrected chi connectivity index (χ4v) is 2.84. The van der Waals surface area contributed by atoms with Crippen molar-refractivity contribution in [2.45, 2.75) is 60.7 Å². The van der Waals surface area contributed by atoms with Crippen molar-refractivity contribution in [1.82, 2.24) is 5.32 Å². The van der Waals surface area contributed by atoms with Crippen molar-refractivity contribution in [1.29, 1.82) is 0 Å². The Hall–Kier alpha value is -1.58. The van der Waals surface area contributed by atoms with Gasteiger partial charge in [0.1, 0.15) is 39.4 Å². The Balaban J connectivity index is 0. The van der Waals surface area contributed by atoms with Gasteiger partial charge >= 0.3 is 30.1 Å². The summed E-state index contributed by atoms with van der Waals surface area (Å²) < 4.78 is 61.4. The number of carbonyl (C=O) groups is 5. The van der Waals surface area contributed by atoms with E-state index in [1.54, 1.807) is 41.5 Å². The van der Waals surface area contributed by atoms with E-state index in [9.17, 15) is 32.3 Å². The Bertz CT molecular complexity index is 925. The highest BCUT2D eigenvalue weighted by Crippen LogP contribution is 2.27. The number of ether oxygens (including phenoxy) is 6. The van der Waals surface area contributed by atoms with Crippen molar-refractivity contribution in [2.24, 2.45) is 11.1 Å². The van der Waals surface area contributed by atoms with Crippen LogP contribution < -0.4 is 11.1 Å². The predicted octanol–water partition coefficient (Wildman–Crippen LogP) is 2.88. The van der Waals surface area contributed by atoms with Crippen LogP contribution in [0.3, 0.4) is 0 Å². The molecule has 0 heterocycles. The Labute approximate surface area is 297 Å². The van der Waals surface area contributed by atoms with Crippen LogP contribution in [0.1, 0.15) is 41.5 Å². The van der Waals surface area contributed by atoms with Gasteiger partial charge in [-0.25, -0.2) is 4.79 Å². The monoisotopic (exact) mass is 882 g/mol. The van der Waals surface area contributed by atoms with Crippen molar-refractivity contribution in [3.8, 4) is 0 Å². The minimum Gasteiger partial charge on any atom is -0.475 e. The number of hydrogen-bond donors (Lipinski definition) is 3. The molecule has 14 nitrogen and oxygen atoms in total. The van der Waals surface area contributed by atoms with E-state index in [4.69, 9.17) is 44.1 Å². The first kappa shape index (κ1) is 47.5. The molecule has 0 aromatic rings. The summed E-state index contributed by atoms with van der Waals surface area (Å²) in [5.41, 5.74) is 4.02. The molecule has 0 atom stereocenters. The summed E-state index contributed by atoms with van der Waals surface area (Å²) in [6, 6.07) is 0. The number of carboxylic acids is 1. The summed E-state index contributed by atoms with van der Waals surface area (Å²) in [6.45, 7) is 10.3.